The van der Waals surface area contributed by atoms with Crippen LogP contribution in [0.4, 0.5) is 19.0 Å². The van der Waals surface area contributed by atoms with Crippen LogP contribution in [0.5, 0.6) is 0 Å². The third-order valence-electron chi connectivity index (χ3n) is 1.94. The van der Waals surface area contributed by atoms with Gasteiger partial charge in [-0.25, -0.2) is 9.97 Å². The summed E-state index contributed by atoms with van der Waals surface area (Å²) >= 11 is 5.69. The lowest BCUT2D eigenvalue weighted by atomic mass is 10.2. The fraction of sp³-hybridized carbons (Fsp3) is 0.111. The second kappa shape index (κ2) is 3.48. The average Bonchev–Trinajstić information content (AvgIpc) is 2.17. The molecule has 0 amide bonds. The summed E-state index contributed by atoms with van der Waals surface area (Å²) in [4.78, 5) is 6.57. The maximum Gasteiger partial charge on any atom is 0.451 e. The lowest BCUT2D eigenvalue weighted by Gasteiger charge is -2.07. The zero-order valence-corrected chi connectivity index (χ0v) is 8.47. The van der Waals surface area contributed by atoms with Crippen molar-refractivity contribution >= 4 is 28.3 Å². The van der Waals surface area contributed by atoms with Crippen molar-refractivity contribution in [2.75, 3.05) is 5.73 Å². The minimum Gasteiger partial charge on any atom is -0.383 e. The Balaban J connectivity index is 2.74. The minimum atomic E-state index is -4.61. The van der Waals surface area contributed by atoms with E-state index in [2.05, 4.69) is 9.97 Å². The number of rotatable bonds is 0. The summed E-state index contributed by atoms with van der Waals surface area (Å²) in [5.74, 6) is -1.49. The van der Waals surface area contributed by atoms with Gasteiger partial charge < -0.3 is 5.73 Å². The number of nitrogen functional groups attached to an aromatic ring is 1. The summed E-state index contributed by atoms with van der Waals surface area (Å²) in [5, 5.41) is 0.669. The monoisotopic (exact) mass is 247 g/mol. The Kier molecular flexibility index (Phi) is 2.38. The number of fused-ring (bicyclic) bond motifs is 1. The molecule has 0 saturated carbocycles. The van der Waals surface area contributed by atoms with Crippen LogP contribution in [0.15, 0.2) is 18.2 Å². The normalized spacial score (nSPS) is 12.0. The van der Waals surface area contributed by atoms with E-state index in [4.69, 9.17) is 17.3 Å². The highest BCUT2D eigenvalue weighted by Crippen LogP contribution is 2.30. The number of hydrogen-bond donors (Lipinski definition) is 1. The Bertz CT molecular complexity index is 553. The summed E-state index contributed by atoms with van der Waals surface area (Å²) < 4.78 is 37.1. The van der Waals surface area contributed by atoms with Gasteiger partial charge in [0.1, 0.15) is 5.82 Å². The van der Waals surface area contributed by atoms with Gasteiger partial charge in [-0.2, -0.15) is 13.2 Å². The first-order chi connectivity index (χ1) is 7.38. The van der Waals surface area contributed by atoms with Gasteiger partial charge in [0.05, 0.1) is 5.52 Å². The smallest absolute Gasteiger partial charge is 0.383 e. The van der Waals surface area contributed by atoms with Gasteiger partial charge in [-0.1, -0.05) is 11.6 Å². The highest BCUT2D eigenvalue weighted by Gasteiger charge is 2.35. The molecule has 0 atom stereocenters. The Morgan fingerprint density at radius 1 is 1.19 bits per heavy atom. The molecule has 0 saturated heterocycles. The van der Waals surface area contributed by atoms with Crippen LogP contribution in [-0.2, 0) is 6.18 Å². The number of aromatic nitrogens is 2. The topological polar surface area (TPSA) is 51.8 Å². The summed E-state index contributed by atoms with van der Waals surface area (Å²) in [5.41, 5.74) is 5.53. The van der Waals surface area contributed by atoms with Gasteiger partial charge in [-0.3, -0.25) is 0 Å². The number of halogens is 4. The van der Waals surface area contributed by atoms with E-state index in [9.17, 15) is 13.2 Å². The third-order valence-corrected chi connectivity index (χ3v) is 2.18. The molecule has 7 heteroatoms. The van der Waals surface area contributed by atoms with E-state index >= 15 is 0 Å². The van der Waals surface area contributed by atoms with Gasteiger partial charge in [0.25, 0.3) is 0 Å². The van der Waals surface area contributed by atoms with Crippen molar-refractivity contribution < 1.29 is 13.2 Å². The number of benzene rings is 1. The maximum absolute atomic E-state index is 12.4. The Morgan fingerprint density at radius 3 is 2.50 bits per heavy atom. The number of hydrogen-bond acceptors (Lipinski definition) is 3. The third kappa shape index (κ3) is 1.88. The molecule has 1 aromatic carbocycles. The fourth-order valence-corrected chi connectivity index (χ4v) is 1.42. The first-order valence-electron chi connectivity index (χ1n) is 4.18. The van der Waals surface area contributed by atoms with Gasteiger partial charge in [0.2, 0.25) is 5.82 Å². The Morgan fingerprint density at radius 2 is 1.88 bits per heavy atom. The van der Waals surface area contributed by atoms with Gasteiger partial charge in [0, 0.05) is 10.4 Å². The number of nitrogens with zero attached hydrogens (tertiary/aromatic N) is 2. The van der Waals surface area contributed by atoms with Crippen LogP contribution >= 0.6 is 11.6 Å². The van der Waals surface area contributed by atoms with E-state index < -0.39 is 12.0 Å². The van der Waals surface area contributed by atoms with Crippen LogP contribution in [0, 0.1) is 0 Å². The summed E-state index contributed by atoms with van der Waals surface area (Å²) in [6.45, 7) is 0. The van der Waals surface area contributed by atoms with Crippen LogP contribution < -0.4 is 5.73 Å². The number of anilines is 1. The van der Waals surface area contributed by atoms with E-state index in [0.29, 0.717) is 10.4 Å². The first kappa shape index (κ1) is 10.9. The second-order valence-electron chi connectivity index (χ2n) is 3.09. The molecule has 84 valence electrons. The van der Waals surface area contributed by atoms with Crippen molar-refractivity contribution in [2.45, 2.75) is 6.18 Å². The predicted molar refractivity (Wildman–Crippen MR) is 54.0 cm³/mol. The summed E-state index contributed by atoms with van der Waals surface area (Å²) in [6, 6.07) is 4.23. The standard InChI is InChI=1S/C9H5ClF3N3/c10-4-1-2-6-5(3-4)7(14)16-8(15-6)9(11,12)13/h1-3H,(H2,14,15,16). The Hall–Kier alpha value is -1.56. The molecule has 3 nitrogen and oxygen atoms in total. The molecule has 1 heterocycles. The molecule has 0 aliphatic heterocycles. The van der Waals surface area contributed by atoms with Crippen LogP contribution in [0.25, 0.3) is 10.9 Å². The molecule has 0 unspecified atom stereocenters. The quantitative estimate of drug-likeness (QED) is 0.779. The van der Waals surface area contributed by atoms with Crippen LogP contribution in [0.2, 0.25) is 5.02 Å². The average molecular weight is 248 g/mol. The molecule has 16 heavy (non-hydrogen) atoms. The predicted octanol–water partition coefficient (Wildman–Crippen LogP) is 2.88. The lowest BCUT2D eigenvalue weighted by molar-refractivity contribution is -0.144. The zero-order valence-electron chi connectivity index (χ0n) is 7.72. The van der Waals surface area contributed by atoms with Gasteiger partial charge >= 0.3 is 6.18 Å². The van der Waals surface area contributed by atoms with Gasteiger partial charge in [-0.05, 0) is 18.2 Å². The molecule has 0 spiro atoms. The van der Waals surface area contributed by atoms with Crippen molar-refractivity contribution in [1.82, 2.24) is 9.97 Å². The Labute approximate surface area is 93.1 Å². The summed E-state index contributed by atoms with van der Waals surface area (Å²) in [6.07, 6.45) is -4.61. The largest absolute Gasteiger partial charge is 0.451 e. The van der Waals surface area contributed by atoms with Gasteiger partial charge in [0.15, 0.2) is 0 Å². The number of nitrogens with two attached hydrogens (primary N) is 1. The van der Waals surface area contributed by atoms with Crippen molar-refractivity contribution in [3.8, 4) is 0 Å². The lowest BCUT2D eigenvalue weighted by Crippen LogP contribution is -2.12. The highest BCUT2D eigenvalue weighted by atomic mass is 35.5. The highest BCUT2D eigenvalue weighted by molar-refractivity contribution is 6.31. The molecule has 2 aromatic rings. The molecule has 0 aliphatic rings. The molecule has 0 bridgehead atoms. The van der Waals surface area contributed by atoms with Crippen molar-refractivity contribution in [3.05, 3.63) is 29.0 Å². The van der Waals surface area contributed by atoms with E-state index in [1.54, 1.807) is 0 Å². The van der Waals surface area contributed by atoms with Crippen LogP contribution in [0.1, 0.15) is 5.82 Å². The molecule has 0 radical (unpaired) electrons. The molecule has 2 rings (SSSR count). The van der Waals surface area contributed by atoms with E-state index in [0.717, 1.165) is 0 Å². The molecular formula is C9H5ClF3N3. The number of alkyl halides is 3. The molecular weight excluding hydrogens is 243 g/mol. The SMILES string of the molecule is Nc1nc(C(F)(F)F)nc2ccc(Cl)cc12. The molecule has 0 fully saturated rings. The minimum absolute atomic E-state index is 0.115. The summed E-state index contributed by atoms with van der Waals surface area (Å²) in [7, 11) is 0. The van der Waals surface area contributed by atoms with Crippen molar-refractivity contribution in [3.63, 3.8) is 0 Å². The van der Waals surface area contributed by atoms with Crippen molar-refractivity contribution in [1.29, 1.82) is 0 Å². The van der Waals surface area contributed by atoms with Crippen LogP contribution in [0.3, 0.4) is 0 Å². The second-order valence-corrected chi connectivity index (χ2v) is 3.53. The van der Waals surface area contributed by atoms with E-state index in [-0.39, 0.29) is 11.3 Å². The van der Waals surface area contributed by atoms with Crippen LogP contribution in [-0.4, -0.2) is 9.97 Å². The van der Waals surface area contributed by atoms with E-state index in [1.165, 1.54) is 18.2 Å². The van der Waals surface area contributed by atoms with Gasteiger partial charge in [-0.15, -0.1) is 0 Å². The van der Waals surface area contributed by atoms with Crippen molar-refractivity contribution in [2.24, 2.45) is 0 Å². The fourth-order valence-electron chi connectivity index (χ4n) is 1.25. The molecule has 0 aliphatic carbocycles. The first-order valence-corrected chi connectivity index (χ1v) is 4.56. The maximum atomic E-state index is 12.4. The van der Waals surface area contributed by atoms with E-state index in [1.807, 2.05) is 0 Å². The molecule has 1 aromatic heterocycles. The zero-order chi connectivity index (χ0) is 11.9. The molecule has 2 N–H and O–H groups in total.